The van der Waals surface area contributed by atoms with Gasteiger partial charge >= 0.3 is 11.5 Å². The van der Waals surface area contributed by atoms with Crippen LogP contribution < -0.4 is 10.6 Å². The molecule has 3 N–H and O–H groups in total. The fraction of sp³-hybridized carbons (Fsp3) is 0.0667. The monoisotopic (exact) mass is 386 g/mol. The van der Waals surface area contributed by atoms with E-state index in [-0.39, 0.29) is 16.7 Å². The van der Waals surface area contributed by atoms with Crippen LogP contribution >= 0.6 is 23.4 Å². The van der Waals surface area contributed by atoms with Crippen molar-refractivity contribution in [3.63, 3.8) is 0 Å². The van der Waals surface area contributed by atoms with Gasteiger partial charge in [0.15, 0.2) is 0 Å². The van der Waals surface area contributed by atoms with E-state index in [0.717, 1.165) is 0 Å². The number of hydrogen-bond acceptors (Lipinski definition) is 3. The molecule has 0 unspecified atom stereocenters. The summed E-state index contributed by atoms with van der Waals surface area (Å²) in [5, 5.41) is 6.23. The summed E-state index contributed by atoms with van der Waals surface area (Å²) in [6.45, 7) is 0. The van der Waals surface area contributed by atoms with Gasteiger partial charge < -0.3 is 15.6 Å². The summed E-state index contributed by atoms with van der Waals surface area (Å²) in [6, 6.07) is 6.45. The van der Waals surface area contributed by atoms with Crippen LogP contribution in [-0.4, -0.2) is 21.5 Å². The number of nitrogens with one attached hydrogen (secondary N) is 3. The van der Waals surface area contributed by atoms with Gasteiger partial charge in [-0.2, -0.15) is 13.2 Å². The zero-order valence-corrected chi connectivity index (χ0v) is 13.9. The predicted molar refractivity (Wildman–Crippen MR) is 92.1 cm³/mol. The molecule has 0 bridgehead atoms. The number of nitrogens with zero attached hydrogens (tertiary/aromatic N) is 1. The highest BCUT2D eigenvalue weighted by Gasteiger charge is 2.29. The van der Waals surface area contributed by atoms with Crippen LogP contribution in [0.1, 0.15) is 0 Å². The first-order valence-electron chi connectivity index (χ1n) is 6.86. The first-order chi connectivity index (χ1) is 11.8. The number of hydrogen-bond donors (Lipinski definition) is 3. The second kappa shape index (κ2) is 6.85. The Kier molecular flexibility index (Phi) is 4.78. The van der Waals surface area contributed by atoms with Crippen molar-refractivity contribution in [1.29, 1.82) is 0 Å². The molecular weight excluding hydrogens is 377 g/mol. The van der Waals surface area contributed by atoms with E-state index in [1.165, 1.54) is 30.5 Å². The average molecular weight is 387 g/mol. The minimum absolute atomic E-state index is 0.0378. The van der Waals surface area contributed by atoms with Crippen LogP contribution in [-0.2, 0) is 0 Å². The van der Waals surface area contributed by atoms with Gasteiger partial charge in [0.2, 0.25) is 0 Å². The van der Waals surface area contributed by atoms with Crippen LogP contribution in [0.4, 0.5) is 29.3 Å². The van der Waals surface area contributed by atoms with Crippen molar-refractivity contribution in [3.8, 4) is 0 Å². The van der Waals surface area contributed by atoms with Crippen molar-refractivity contribution in [2.24, 2.45) is 0 Å². The van der Waals surface area contributed by atoms with Gasteiger partial charge in [-0.05, 0) is 42.1 Å². The lowest BCUT2D eigenvalue weighted by Crippen LogP contribution is -2.19. The molecule has 5 nitrogen and oxygen atoms in total. The van der Waals surface area contributed by atoms with Gasteiger partial charge in [-0.25, -0.2) is 9.78 Å². The van der Waals surface area contributed by atoms with E-state index in [0.29, 0.717) is 27.4 Å². The van der Waals surface area contributed by atoms with Gasteiger partial charge in [0, 0.05) is 28.4 Å². The maximum atomic E-state index is 12.3. The number of carbonyl (C=O) groups is 1. The van der Waals surface area contributed by atoms with Crippen molar-refractivity contribution in [3.05, 3.63) is 47.7 Å². The Hall–Kier alpha value is -2.39. The van der Waals surface area contributed by atoms with Crippen molar-refractivity contribution in [1.82, 2.24) is 9.97 Å². The molecule has 0 aliphatic rings. The summed E-state index contributed by atoms with van der Waals surface area (Å²) in [5.41, 5.74) is -2.95. The third-order valence-electron chi connectivity index (χ3n) is 3.09. The molecule has 0 aliphatic heterocycles. The lowest BCUT2D eigenvalue weighted by atomic mass is 10.3. The Labute approximate surface area is 149 Å². The van der Waals surface area contributed by atoms with Gasteiger partial charge in [0.05, 0.1) is 10.7 Å². The molecule has 1 aromatic carbocycles. The number of urea groups is 1. The van der Waals surface area contributed by atoms with Crippen molar-refractivity contribution in [2.75, 3.05) is 10.6 Å². The Balaban J connectivity index is 1.67. The zero-order valence-electron chi connectivity index (χ0n) is 12.3. The number of benzene rings is 1. The zero-order chi connectivity index (χ0) is 18.0. The molecular formula is C15H10ClF3N4OS. The molecule has 3 aromatic rings. The summed E-state index contributed by atoms with van der Waals surface area (Å²) < 4.78 is 36.9. The molecule has 0 fully saturated rings. The number of halogens is 4. The number of anilines is 2. The Morgan fingerprint density at radius 3 is 2.60 bits per heavy atom. The van der Waals surface area contributed by atoms with E-state index >= 15 is 0 Å². The van der Waals surface area contributed by atoms with Gasteiger partial charge in [0.25, 0.3) is 0 Å². The molecule has 0 radical (unpaired) electrons. The normalized spacial score (nSPS) is 11.5. The summed E-state index contributed by atoms with van der Waals surface area (Å²) in [6.07, 6.45) is 3.04. The van der Waals surface area contributed by atoms with Crippen molar-refractivity contribution >= 4 is 51.8 Å². The number of carbonyl (C=O) groups excluding carboxylic acids is 1. The van der Waals surface area contributed by atoms with Crippen LogP contribution in [0.5, 0.6) is 0 Å². The average Bonchev–Trinajstić information content (AvgIpc) is 2.90. The van der Waals surface area contributed by atoms with E-state index < -0.39 is 11.5 Å². The van der Waals surface area contributed by atoms with Gasteiger partial charge in [-0.3, -0.25) is 0 Å². The summed E-state index contributed by atoms with van der Waals surface area (Å²) in [4.78, 5) is 19.1. The fourth-order valence-electron chi connectivity index (χ4n) is 2.11. The van der Waals surface area contributed by atoms with E-state index in [1.807, 2.05) is 0 Å². The number of fused-ring (bicyclic) bond motifs is 1. The second-order valence-corrected chi connectivity index (χ2v) is 6.48. The fourth-order valence-corrected chi connectivity index (χ4v) is 2.80. The van der Waals surface area contributed by atoms with E-state index in [4.69, 9.17) is 11.6 Å². The standard InChI is InChI=1S/C15H10ClF3N4OS/c16-8-5-11-12(7-21-13(11)20-6-8)23-14(24)22-9-1-3-10(4-2-9)25-15(17,18)19/h1-7H,(H,20,21)(H2,22,23,24). The highest BCUT2D eigenvalue weighted by Crippen LogP contribution is 2.37. The molecule has 3 rings (SSSR count). The molecule has 0 saturated heterocycles. The largest absolute Gasteiger partial charge is 0.446 e. The molecule has 130 valence electrons. The summed E-state index contributed by atoms with van der Waals surface area (Å²) in [7, 11) is 0. The Bertz CT molecular complexity index is 911. The maximum absolute atomic E-state index is 12.3. The second-order valence-electron chi connectivity index (χ2n) is 4.90. The molecule has 0 atom stereocenters. The lowest BCUT2D eigenvalue weighted by molar-refractivity contribution is -0.0328. The molecule has 10 heteroatoms. The minimum atomic E-state index is -4.35. The van der Waals surface area contributed by atoms with Gasteiger partial charge in [-0.15, -0.1) is 0 Å². The third-order valence-corrected chi connectivity index (χ3v) is 4.04. The number of pyridine rings is 1. The predicted octanol–water partition coefficient (Wildman–Crippen LogP) is 5.47. The number of alkyl halides is 3. The molecule has 2 amide bonds. The van der Waals surface area contributed by atoms with Crippen LogP contribution in [0.25, 0.3) is 11.0 Å². The van der Waals surface area contributed by atoms with E-state index in [2.05, 4.69) is 20.6 Å². The minimum Gasteiger partial charge on any atom is -0.344 e. The molecule has 0 aliphatic carbocycles. The molecule has 2 aromatic heterocycles. The number of thioether (sulfide) groups is 1. The van der Waals surface area contributed by atoms with Gasteiger partial charge in [-0.1, -0.05) is 11.6 Å². The first kappa shape index (κ1) is 17.4. The maximum Gasteiger partial charge on any atom is 0.446 e. The Morgan fingerprint density at radius 1 is 1.20 bits per heavy atom. The topological polar surface area (TPSA) is 69.8 Å². The SMILES string of the molecule is O=C(Nc1ccc(SC(F)(F)F)cc1)Nc1c[nH]c2ncc(Cl)cc12. The Morgan fingerprint density at radius 2 is 1.92 bits per heavy atom. The van der Waals surface area contributed by atoms with Crippen LogP contribution in [0.3, 0.4) is 0 Å². The molecule has 0 spiro atoms. The van der Waals surface area contributed by atoms with Crippen LogP contribution in [0, 0.1) is 0 Å². The smallest absolute Gasteiger partial charge is 0.344 e. The molecule has 25 heavy (non-hydrogen) atoms. The third kappa shape index (κ3) is 4.58. The number of rotatable bonds is 3. The number of amides is 2. The molecule has 2 heterocycles. The highest BCUT2D eigenvalue weighted by atomic mass is 35.5. The number of aromatic amines is 1. The van der Waals surface area contributed by atoms with Crippen molar-refractivity contribution in [2.45, 2.75) is 10.4 Å². The van der Waals surface area contributed by atoms with Gasteiger partial charge in [0.1, 0.15) is 5.65 Å². The van der Waals surface area contributed by atoms with Crippen LogP contribution in [0.2, 0.25) is 5.02 Å². The quantitative estimate of drug-likeness (QED) is 0.522. The highest BCUT2D eigenvalue weighted by molar-refractivity contribution is 8.00. The lowest BCUT2D eigenvalue weighted by Gasteiger charge is -2.09. The first-order valence-corrected chi connectivity index (χ1v) is 8.06. The number of aromatic nitrogens is 2. The van der Waals surface area contributed by atoms with E-state index in [1.54, 1.807) is 12.3 Å². The molecule has 0 saturated carbocycles. The van der Waals surface area contributed by atoms with Crippen LogP contribution in [0.15, 0.2) is 47.6 Å². The number of H-pyrrole nitrogens is 1. The summed E-state index contributed by atoms with van der Waals surface area (Å²) in [5.74, 6) is 0. The summed E-state index contributed by atoms with van der Waals surface area (Å²) >= 11 is 5.67. The van der Waals surface area contributed by atoms with Crippen molar-refractivity contribution < 1.29 is 18.0 Å². The van der Waals surface area contributed by atoms with E-state index in [9.17, 15) is 18.0 Å².